The van der Waals surface area contributed by atoms with Crippen LogP contribution in [0.25, 0.3) is 0 Å². The average Bonchev–Trinajstić information content (AvgIpc) is 2.83. The summed E-state index contributed by atoms with van der Waals surface area (Å²) in [5.41, 5.74) is 0.674. The number of amides is 1. The van der Waals surface area contributed by atoms with Gasteiger partial charge in [0.05, 0.1) is 5.69 Å². The number of nitrogens with one attached hydrogen (secondary N) is 2. The van der Waals surface area contributed by atoms with Crippen LogP contribution < -0.4 is 10.6 Å². The summed E-state index contributed by atoms with van der Waals surface area (Å²) in [5, 5.41) is 14.5. The Hall–Kier alpha value is -0.990. The van der Waals surface area contributed by atoms with Crippen molar-refractivity contribution in [1.82, 2.24) is 10.2 Å². The maximum atomic E-state index is 12.1. The second-order valence-electron chi connectivity index (χ2n) is 3.49. The van der Waals surface area contributed by atoms with Gasteiger partial charge in [-0.25, -0.2) is 0 Å². The van der Waals surface area contributed by atoms with E-state index in [0.717, 1.165) is 15.5 Å². The molecule has 5 nitrogen and oxygen atoms in total. The molecule has 0 saturated carbocycles. The Bertz CT molecular complexity index is 582. The minimum atomic E-state index is -0.283. The van der Waals surface area contributed by atoms with Crippen LogP contribution >= 0.6 is 43.2 Å². The van der Waals surface area contributed by atoms with Crippen LogP contribution in [0.5, 0.6) is 0 Å². The third kappa shape index (κ3) is 3.52. The smallest absolute Gasteiger partial charge is 0.286 e. The highest BCUT2D eigenvalue weighted by molar-refractivity contribution is 9.11. The Morgan fingerprint density at radius 1 is 1.32 bits per heavy atom. The van der Waals surface area contributed by atoms with E-state index in [1.807, 2.05) is 25.1 Å². The quantitative estimate of drug-likeness (QED) is 0.812. The molecule has 0 saturated heterocycles. The van der Waals surface area contributed by atoms with E-state index >= 15 is 0 Å². The van der Waals surface area contributed by atoms with Crippen LogP contribution in [0, 0.1) is 0 Å². The molecule has 0 unspecified atom stereocenters. The summed E-state index contributed by atoms with van der Waals surface area (Å²) in [6.07, 6.45) is 0. The van der Waals surface area contributed by atoms with Gasteiger partial charge in [-0.15, -0.1) is 10.2 Å². The van der Waals surface area contributed by atoms with Crippen LogP contribution in [0.4, 0.5) is 10.8 Å². The van der Waals surface area contributed by atoms with Crippen molar-refractivity contribution in [2.75, 3.05) is 17.2 Å². The summed E-state index contributed by atoms with van der Waals surface area (Å²) in [4.78, 5) is 12.1. The van der Waals surface area contributed by atoms with Gasteiger partial charge in [0.2, 0.25) is 10.1 Å². The van der Waals surface area contributed by atoms with E-state index in [1.54, 1.807) is 0 Å². The number of halogens is 2. The van der Waals surface area contributed by atoms with Crippen LogP contribution in [0.1, 0.15) is 16.7 Å². The molecule has 1 amide bonds. The van der Waals surface area contributed by atoms with Gasteiger partial charge in [0.25, 0.3) is 5.91 Å². The number of aromatic nitrogens is 2. The molecular weight excluding hydrogens is 396 g/mol. The molecule has 0 aliphatic heterocycles. The van der Waals surface area contributed by atoms with Crippen LogP contribution in [0.15, 0.2) is 27.1 Å². The highest BCUT2D eigenvalue weighted by Gasteiger charge is 2.15. The fraction of sp³-hybridized carbons (Fsp3) is 0.182. The van der Waals surface area contributed by atoms with Crippen molar-refractivity contribution in [3.63, 3.8) is 0 Å². The fourth-order valence-corrected chi connectivity index (χ4v) is 3.23. The molecule has 19 heavy (non-hydrogen) atoms. The molecule has 1 aromatic carbocycles. The largest absolute Gasteiger partial charge is 0.360 e. The zero-order valence-corrected chi connectivity index (χ0v) is 13.9. The van der Waals surface area contributed by atoms with Crippen molar-refractivity contribution >= 4 is 59.9 Å². The molecule has 0 fully saturated rings. The first-order chi connectivity index (χ1) is 9.11. The number of anilines is 2. The molecule has 0 aliphatic carbocycles. The van der Waals surface area contributed by atoms with Gasteiger partial charge >= 0.3 is 0 Å². The van der Waals surface area contributed by atoms with Crippen molar-refractivity contribution in [3.8, 4) is 0 Å². The van der Waals surface area contributed by atoms with Gasteiger partial charge in [-0.1, -0.05) is 17.4 Å². The van der Waals surface area contributed by atoms with E-state index in [-0.39, 0.29) is 5.91 Å². The van der Waals surface area contributed by atoms with E-state index in [2.05, 4.69) is 52.7 Å². The Balaban J connectivity index is 2.16. The standard InChI is InChI=1S/C11H10Br2N4OS/c1-2-14-11-17-16-10(19-11)9(18)15-8-6(12)4-3-5-7(8)13/h3-5H,2H2,1H3,(H,14,17)(H,15,18). The first-order valence-electron chi connectivity index (χ1n) is 5.44. The molecule has 0 bridgehead atoms. The molecule has 1 aromatic heterocycles. The molecule has 2 aromatic rings. The van der Waals surface area contributed by atoms with Crippen molar-refractivity contribution in [2.24, 2.45) is 0 Å². The number of carbonyl (C=O) groups is 1. The van der Waals surface area contributed by atoms with E-state index < -0.39 is 0 Å². The number of carbonyl (C=O) groups excluding carboxylic acids is 1. The third-order valence-electron chi connectivity index (χ3n) is 2.15. The van der Waals surface area contributed by atoms with Gasteiger partial charge in [-0.2, -0.15) is 0 Å². The first-order valence-corrected chi connectivity index (χ1v) is 7.84. The van der Waals surface area contributed by atoms with Gasteiger partial charge in [-0.05, 0) is 50.9 Å². The van der Waals surface area contributed by atoms with Gasteiger partial charge < -0.3 is 10.6 Å². The Morgan fingerprint density at radius 3 is 2.63 bits per heavy atom. The van der Waals surface area contributed by atoms with Crippen LogP contribution in [-0.2, 0) is 0 Å². The molecule has 0 atom stereocenters. The van der Waals surface area contributed by atoms with Crippen LogP contribution in [0.2, 0.25) is 0 Å². The lowest BCUT2D eigenvalue weighted by atomic mass is 10.3. The normalized spacial score (nSPS) is 10.3. The molecule has 0 spiro atoms. The number of nitrogens with zero attached hydrogens (tertiary/aromatic N) is 2. The van der Waals surface area contributed by atoms with Gasteiger partial charge in [0.15, 0.2) is 0 Å². The lowest BCUT2D eigenvalue weighted by Crippen LogP contribution is -2.12. The van der Waals surface area contributed by atoms with Crippen molar-refractivity contribution in [2.45, 2.75) is 6.92 Å². The third-order valence-corrected chi connectivity index (χ3v) is 4.35. The first kappa shape index (κ1) is 14.4. The van der Waals surface area contributed by atoms with Gasteiger partial charge in [0.1, 0.15) is 0 Å². The highest BCUT2D eigenvalue weighted by Crippen LogP contribution is 2.31. The summed E-state index contributed by atoms with van der Waals surface area (Å²) in [6, 6.07) is 5.58. The Labute approximate surface area is 131 Å². The molecule has 2 N–H and O–H groups in total. The van der Waals surface area contributed by atoms with E-state index in [0.29, 0.717) is 15.8 Å². The Kier molecular flexibility index (Phi) is 4.89. The molecular formula is C11H10Br2N4OS. The molecule has 0 radical (unpaired) electrons. The zero-order valence-electron chi connectivity index (χ0n) is 9.91. The summed E-state index contributed by atoms with van der Waals surface area (Å²) in [6.45, 7) is 2.70. The number of hydrogen-bond donors (Lipinski definition) is 2. The maximum absolute atomic E-state index is 12.1. The predicted molar refractivity (Wildman–Crippen MR) is 83.9 cm³/mol. The van der Waals surface area contributed by atoms with E-state index in [9.17, 15) is 4.79 Å². The van der Waals surface area contributed by atoms with E-state index in [1.165, 1.54) is 11.3 Å². The molecule has 1 heterocycles. The number of rotatable bonds is 4. The minimum absolute atomic E-state index is 0.283. The van der Waals surface area contributed by atoms with Crippen molar-refractivity contribution in [3.05, 3.63) is 32.2 Å². The number of para-hydroxylation sites is 1. The van der Waals surface area contributed by atoms with Crippen LogP contribution in [0.3, 0.4) is 0 Å². The predicted octanol–water partition coefficient (Wildman–Crippen LogP) is 3.75. The highest BCUT2D eigenvalue weighted by atomic mass is 79.9. The van der Waals surface area contributed by atoms with Crippen molar-refractivity contribution < 1.29 is 4.79 Å². The molecule has 0 aliphatic rings. The average molecular weight is 406 g/mol. The lowest BCUT2D eigenvalue weighted by molar-refractivity contribution is 0.102. The molecule has 2 rings (SSSR count). The number of hydrogen-bond acceptors (Lipinski definition) is 5. The maximum Gasteiger partial charge on any atom is 0.286 e. The van der Waals surface area contributed by atoms with Gasteiger partial charge in [0, 0.05) is 15.5 Å². The Morgan fingerprint density at radius 2 is 2.00 bits per heavy atom. The van der Waals surface area contributed by atoms with Crippen molar-refractivity contribution in [1.29, 1.82) is 0 Å². The fourth-order valence-electron chi connectivity index (χ4n) is 1.32. The summed E-state index contributed by atoms with van der Waals surface area (Å²) >= 11 is 8.00. The second kappa shape index (κ2) is 6.44. The lowest BCUT2D eigenvalue weighted by Gasteiger charge is -2.07. The summed E-state index contributed by atoms with van der Waals surface area (Å²) in [5.74, 6) is -0.283. The topological polar surface area (TPSA) is 66.9 Å². The summed E-state index contributed by atoms with van der Waals surface area (Å²) < 4.78 is 1.60. The number of benzene rings is 1. The molecule has 8 heteroatoms. The second-order valence-corrected chi connectivity index (χ2v) is 6.18. The monoisotopic (exact) mass is 404 g/mol. The zero-order chi connectivity index (χ0) is 13.8. The van der Waals surface area contributed by atoms with Crippen LogP contribution in [-0.4, -0.2) is 22.6 Å². The molecule has 100 valence electrons. The SMILES string of the molecule is CCNc1nnc(C(=O)Nc2c(Br)cccc2Br)s1. The van der Waals surface area contributed by atoms with Gasteiger partial charge in [-0.3, -0.25) is 4.79 Å². The van der Waals surface area contributed by atoms with E-state index in [4.69, 9.17) is 0 Å². The summed E-state index contributed by atoms with van der Waals surface area (Å²) in [7, 11) is 0. The minimum Gasteiger partial charge on any atom is -0.360 e.